The average Bonchev–Trinajstić information content (AvgIpc) is 3.23. The van der Waals surface area contributed by atoms with Crippen molar-refractivity contribution in [1.29, 1.82) is 0 Å². The fourth-order valence-corrected chi connectivity index (χ4v) is 3.09. The zero-order valence-corrected chi connectivity index (χ0v) is 16.3. The van der Waals surface area contributed by atoms with Gasteiger partial charge in [0, 0.05) is 24.9 Å². The second-order valence-electron chi connectivity index (χ2n) is 6.35. The lowest BCUT2D eigenvalue weighted by molar-refractivity contribution is -0.119. The summed E-state index contributed by atoms with van der Waals surface area (Å²) in [6, 6.07) is 19.0. The number of hydrogen-bond acceptors (Lipinski definition) is 3. The van der Waals surface area contributed by atoms with Gasteiger partial charge in [0.05, 0.1) is 18.9 Å². The molecule has 0 saturated heterocycles. The summed E-state index contributed by atoms with van der Waals surface area (Å²) in [7, 11) is 0. The maximum absolute atomic E-state index is 13.2. The minimum Gasteiger partial charge on any atom is -0.494 e. The fourth-order valence-electron chi connectivity index (χ4n) is 3.09. The van der Waals surface area contributed by atoms with Crippen molar-refractivity contribution in [2.24, 2.45) is 0 Å². The smallest absolute Gasteiger partial charge is 0.247 e. The van der Waals surface area contributed by atoms with Crippen LogP contribution in [-0.4, -0.2) is 23.7 Å². The predicted molar refractivity (Wildman–Crippen MR) is 111 cm³/mol. The summed E-state index contributed by atoms with van der Waals surface area (Å²) in [5.74, 6) is 1.22. The highest BCUT2D eigenvalue weighted by Crippen LogP contribution is 2.30. The lowest BCUT2D eigenvalue weighted by Crippen LogP contribution is -2.27. The molecule has 2 aromatic carbocycles. The van der Waals surface area contributed by atoms with Crippen LogP contribution in [0.5, 0.6) is 11.5 Å². The Morgan fingerprint density at radius 2 is 1.68 bits per heavy atom. The van der Waals surface area contributed by atoms with E-state index in [-0.39, 0.29) is 11.9 Å². The molecular weight excluding hydrogens is 352 g/mol. The lowest BCUT2D eigenvalue weighted by Gasteiger charge is -2.20. The molecule has 0 fully saturated rings. The molecular formula is C23H26N2O3. The van der Waals surface area contributed by atoms with Gasteiger partial charge in [-0.25, -0.2) is 0 Å². The molecule has 1 atom stereocenters. The second kappa shape index (κ2) is 9.65. The van der Waals surface area contributed by atoms with Crippen LogP contribution in [0.25, 0.3) is 0 Å². The van der Waals surface area contributed by atoms with Gasteiger partial charge in [-0.2, -0.15) is 0 Å². The molecule has 0 bridgehead atoms. The van der Waals surface area contributed by atoms with Crippen LogP contribution >= 0.6 is 0 Å². The fraction of sp³-hybridized carbons (Fsp3) is 0.261. The Bertz CT molecular complexity index is 876. The third-order valence-corrected chi connectivity index (χ3v) is 4.38. The number of hydrogen-bond donors (Lipinski definition) is 1. The van der Waals surface area contributed by atoms with Crippen molar-refractivity contribution < 1.29 is 14.3 Å². The molecule has 0 spiro atoms. The molecule has 0 radical (unpaired) electrons. The van der Waals surface area contributed by atoms with E-state index >= 15 is 0 Å². The van der Waals surface area contributed by atoms with Gasteiger partial charge in [-0.05, 0) is 43.7 Å². The maximum atomic E-state index is 13.2. The number of carbonyl (C=O) groups excluding carboxylic acids is 1. The maximum Gasteiger partial charge on any atom is 0.247 e. The van der Waals surface area contributed by atoms with Crippen LogP contribution in [0.4, 0.5) is 5.69 Å². The van der Waals surface area contributed by atoms with E-state index in [9.17, 15) is 4.79 Å². The van der Waals surface area contributed by atoms with Gasteiger partial charge >= 0.3 is 0 Å². The molecule has 3 rings (SSSR count). The van der Waals surface area contributed by atoms with E-state index in [1.807, 2.05) is 91.5 Å². The molecule has 0 aliphatic rings. The molecule has 0 aliphatic carbocycles. The van der Waals surface area contributed by atoms with Crippen LogP contribution in [0.2, 0.25) is 0 Å². The van der Waals surface area contributed by atoms with E-state index in [1.54, 1.807) is 0 Å². The summed E-state index contributed by atoms with van der Waals surface area (Å²) in [6.45, 7) is 4.92. The number of benzene rings is 2. The molecule has 1 N–H and O–H groups in total. The first-order valence-electron chi connectivity index (χ1n) is 9.58. The van der Waals surface area contributed by atoms with Crippen LogP contribution in [0.15, 0.2) is 73.1 Å². The highest BCUT2D eigenvalue weighted by Gasteiger charge is 2.22. The zero-order valence-electron chi connectivity index (χ0n) is 16.3. The Hall–Kier alpha value is -3.21. The summed E-state index contributed by atoms with van der Waals surface area (Å²) in [5, 5.41) is 3.04. The molecule has 0 aliphatic heterocycles. The summed E-state index contributed by atoms with van der Waals surface area (Å²) in [4.78, 5) is 13.2. The zero-order chi connectivity index (χ0) is 19.8. The number of ether oxygens (including phenoxy) is 2. The Morgan fingerprint density at radius 3 is 2.36 bits per heavy atom. The third kappa shape index (κ3) is 4.94. The minimum atomic E-state index is -0.373. The summed E-state index contributed by atoms with van der Waals surface area (Å²) in [6.07, 6.45) is 4.41. The molecule has 5 heteroatoms. The SMILES string of the molecule is CCOc1ccc(OCC)c(NC(=O)[C@H](Cc2ccccc2)n2cccc2)c1. The number of nitrogens with one attached hydrogen (secondary N) is 1. The number of carbonyl (C=O) groups is 1. The standard InChI is InChI=1S/C23H26N2O3/c1-3-27-19-12-13-22(28-4-2)20(17-19)24-23(26)21(25-14-8-9-15-25)16-18-10-6-5-7-11-18/h5-15,17,21H,3-4,16H2,1-2H3,(H,24,26)/t21-/m0/s1. The molecule has 3 aromatic rings. The highest BCUT2D eigenvalue weighted by molar-refractivity contribution is 5.95. The van der Waals surface area contributed by atoms with Crippen molar-refractivity contribution in [2.45, 2.75) is 26.3 Å². The Labute approximate surface area is 165 Å². The number of rotatable bonds is 9. The summed E-state index contributed by atoms with van der Waals surface area (Å²) in [5.41, 5.74) is 1.72. The third-order valence-electron chi connectivity index (χ3n) is 4.38. The van der Waals surface area contributed by atoms with Gasteiger partial charge in [0.15, 0.2) is 0 Å². The lowest BCUT2D eigenvalue weighted by atomic mass is 10.0. The normalized spacial score (nSPS) is 11.6. The van der Waals surface area contributed by atoms with Crippen LogP contribution in [0, 0.1) is 0 Å². The summed E-state index contributed by atoms with van der Waals surface area (Å²) >= 11 is 0. The van der Waals surface area contributed by atoms with E-state index in [0.717, 1.165) is 5.56 Å². The highest BCUT2D eigenvalue weighted by atomic mass is 16.5. The topological polar surface area (TPSA) is 52.5 Å². The van der Waals surface area contributed by atoms with Crippen molar-refractivity contribution in [1.82, 2.24) is 4.57 Å². The molecule has 1 heterocycles. The van der Waals surface area contributed by atoms with E-state index in [4.69, 9.17) is 9.47 Å². The van der Waals surface area contributed by atoms with E-state index in [2.05, 4.69) is 5.32 Å². The number of anilines is 1. The van der Waals surface area contributed by atoms with Gasteiger partial charge in [-0.15, -0.1) is 0 Å². The van der Waals surface area contributed by atoms with E-state index in [1.165, 1.54) is 0 Å². The first-order chi connectivity index (χ1) is 13.7. The molecule has 5 nitrogen and oxygen atoms in total. The second-order valence-corrected chi connectivity index (χ2v) is 6.35. The van der Waals surface area contributed by atoms with Crippen molar-refractivity contribution >= 4 is 11.6 Å². The minimum absolute atomic E-state index is 0.102. The van der Waals surface area contributed by atoms with Crippen LogP contribution in [0.1, 0.15) is 25.5 Å². The molecule has 28 heavy (non-hydrogen) atoms. The molecule has 1 aromatic heterocycles. The average molecular weight is 378 g/mol. The van der Waals surface area contributed by atoms with Crippen LogP contribution < -0.4 is 14.8 Å². The van der Waals surface area contributed by atoms with Crippen molar-refractivity contribution in [2.75, 3.05) is 18.5 Å². The first-order valence-corrected chi connectivity index (χ1v) is 9.58. The van der Waals surface area contributed by atoms with Crippen molar-refractivity contribution in [3.05, 3.63) is 78.6 Å². The van der Waals surface area contributed by atoms with E-state index < -0.39 is 0 Å². The van der Waals surface area contributed by atoms with Crippen LogP contribution in [0.3, 0.4) is 0 Å². The Balaban J connectivity index is 1.86. The quantitative estimate of drug-likeness (QED) is 0.587. The summed E-state index contributed by atoms with van der Waals surface area (Å²) < 4.78 is 13.2. The Kier molecular flexibility index (Phi) is 6.73. The van der Waals surface area contributed by atoms with Gasteiger partial charge in [-0.3, -0.25) is 4.79 Å². The Morgan fingerprint density at radius 1 is 0.964 bits per heavy atom. The van der Waals surface area contributed by atoms with Gasteiger partial charge < -0.3 is 19.4 Å². The monoisotopic (exact) mass is 378 g/mol. The largest absolute Gasteiger partial charge is 0.494 e. The molecule has 0 saturated carbocycles. The van der Waals surface area contributed by atoms with Crippen molar-refractivity contribution in [3.63, 3.8) is 0 Å². The van der Waals surface area contributed by atoms with Gasteiger partial charge in [-0.1, -0.05) is 30.3 Å². The van der Waals surface area contributed by atoms with Crippen molar-refractivity contribution in [3.8, 4) is 11.5 Å². The van der Waals surface area contributed by atoms with E-state index in [0.29, 0.717) is 36.8 Å². The number of aromatic nitrogens is 1. The molecule has 0 unspecified atom stereocenters. The van der Waals surface area contributed by atoms with Gasteiger partial charge in [0.2, 0.25) is 5.91 Å². The number of nitrogens with zero attached hydrogens (tertiary/aromatic N) is 1. The van der Waals surface area contributed by atoms with Crippen LogP contribution in [-0.2, 0) is 11.2 Å². The first kappa shape index (κ1) is 19.5. The van der Waals surface area contributed by atoms with Gasteiger partial charge in [0.25, 0.3) is 0 Å². The number of amides is 1. The predicted octanol–water partition coefficient (Wildman–Crippen LogP) is 4.71. The van der Waals surface area contributed by atoms with Gasteiger partial charge in [0.1, 0.15) is 17.5 Å². The molecule has 146 valence electrons. The molecule has 1 amide bonds.